The molecule has 1 heterocycles. The first kappa shape index (κ1) is 15.7. The largest absolute Gasteiger partial charge is 0.487 e. The van der Waals surface area contributed by atoms with Crippen LogP contribution in [0.2, 0.25) is 0 Å². The minimum atomic E-state index is -4.34. The van der Waals surface area contributed by atoms with Crippen molar-refractivity contribution in [1.29, 1.82) is 0 Å². The third kappa shape index (κ3) is 4.28. The molecule has 0 aromatic heterocycles. The topological polar surface area (TPSA) is 9.23 Å². The second-order valence-electron chi connectivity index (χ2n) is 3.20. The zero-order valence-electron chi connectivity index (χ0n) is 10.1. The van der Waals surface area contributed by atoms with Crippen molar-refractivity contribution in [3.8, 4) is 0 Å². The first-order valence-corrected chi connectivity index (χ1v) is 6.52. The van der Waals surface area contributed by atoms with Gasteiger partial charge in [-0.25, -0.2) is 0 Å². The molecule has 0 N–H and O–H groups in total. The van der Waals surface area contributed by atoms with Gasteiger partial charge in [0.25, 0.3) is 0 Å². The van der Waals surface area contributed by atoms with Gasteiger partial charge in [0.2, 0.25) is 5.76 Å². The Morgan fingerprint density at radius 3 is 2.38 bits per heavy atom. The van der Waals surface area contributed by atoms with Gasteiger partial charge in [0.15, 0.2) is 0 Å². The van der Waals surface area contributed by atoms with E-state index in [0.717, 1.165) is 0 Å². The zero-order chi connectivity index (χ0) is 12.8. The second-order valence-corrected chi connectivity index (χ2v) is 4.33. The van der Waals surface area contributed by atoms with Gasteiger partial charge in [-0.1, -0.05) is 27.7 Å². The van der Waals surface area contributed by atoms with E-state index in [-0.39, 0.29) is 12.5 Å². The van der Waals surface area contributed by atoms with Crippen LogP contribution in [-0.2, 0) is 4.74 Å². The third-order valence-corrected chi connectivity index (χ3v) is 3.40. The Bertz CT molecular complexity index is 236. The number of hydrogen-bond acceptors (Lipinski definition) is 2. The van der Waals surface area contributed by atoms with Crippen molar-refractivity contribution in [2.45, 2.75) is 40.3 Å². The summed E-state index contributed by atoms with van der Waals surface area (Å²) < 4.78 is 42.2. The maximum absolute atomic E-state index is 12.5. The first-order chi connectivity index (χ1) is 7.46. The summed E-state index contributed by atoms with van der Waals surface area (Å²) in [6, 6.07) is 0. The fourth-order valence-corrected chi connectivity index (χ4v) is 2.35. The normalized spacial score (nSPS) is 18.4. The molecule has 5 heteroatoms. The summed E-state index contributed by atoms with van der Waals surface area (Å²) in [5, 5.41) is 0. The van der Waals surface area contributed by atoms with Crippen molar-refractivity contribution in [2.24, 2.45) is 5.92 Å². The van der Waals surface area contributed by atoms with Crippen LogP contribution in [0.1, 0.15) is 34.1 Å². The number of halogens is 3. The molecule has 0 saturated heterocycles. The molecule has 1 nitrogen and oxygen atoms in total. The Balaban J connectivity index is 0.00000106. The Hall–Kier alpha value is -0.320. The lowest BCUT2D eigenvalue weighted by molar-refractivity contribution is -0.131. The van der Waals surface area contributed by atoms with E-state index in [1.54, 1.807) is 6.92 Å². The van der Waals surface area contributed by atoms with E-state index in [4.69, 9.17) is 4.74 Å². The Morgan fingerprint density at radius 1 is 1.38 bits per heavy atom. The van der Waals surface area contributed by atoms with Crippen LogP contribution in [-0.4, -0.2) is 18.5 Å². The van der Waals surface area contributed by atoms with Crippen molar-refractivity contribution >= 4 is 11.8 Å². The summed E-state index contributed by atoms with van der Waals surface area (Å²) in [7, 11) is 0. The van der Waals surface area contributed by atoms with Gasteiger partial charge in [-0.05, 0) is 12.3 Å². The van der Waals surface area contributed by atoms with Crippen LogP contribution in [0.5, 0.6) is 0 Å². The maximum Gasteiger partial charge on any atom is 0.449 e. The predicted octanol–water partition coefficient (Wildman–Crippen LogP) is 4.60. The van der Waals surface area contributed by atoms with Crippen LogP contribution >= 0.6 is 11.8 Å². The molecule has 0 fully saturated rings. The molecule has 0 radical (unpaired) electrons. The molecule has 0 aliphatic carbocycles. The lowest BCUT2D eigenvalue weighted by Gasteiger charge is -2.25. The van der Waals surface area contributed by atoms with Gasteiger partial charge in [-0.2, -0.15) is 13.2 Å². The van der Waals surface area contributed by atoms with Crippen LogP contribution in [0.25, 0.3) is 0 Å². The second kappa shape index (κ2) is 7.09. The van der Waals surface area contributed by atoms with Gasteiger partial charge < -0.3 is 4.74 Å². The van der Waals surface area contributed by atoms with E-state index in [1.807, 2.05) is 20.8 Å². The molecule has 0 aromatic carbocycles. The molecule has 1 unspecified atom stereocenters. The highest BCUT2D eigenvalue weighted by molar-refractivity contribution is 8.03. The van der Waals surface area contributed by atoms with Crippen LogP contribution in [0, 0.1) is 5.92 Å². The van der Waals surface area contributed by atoms with E-state index in [0.29, 0.717) is 17.1 Å². The van der Waals surface area contributed by atoms with Gasteiger partial charge in [-0.15, -0.1) is 11.8 Å². The molecule has 1 aliphatic heterocycles. The summed E-state index contributed by atoms with van der Waals surface area (Å²) in [6.45, 7) is 7.82. The Kier molecular flexibility index (Phi) is 6.95. The highest BCUT2D eigenvalue weighted by atomic mass is 32.2. The molecular weight excluding hydrogens is 237 g/mol. The lowest BCUT2D eigenvalue weighted by Crippen LogP contribution is -2.23. The first-order valence-electron chi connectivity index (χ1n) is 5.53. The molecule has 16 heavy (non-hydrogen) atoms. The summed E-state index contributed by atoms with van der Waals surface area (Å²) in [6.07, 6.45) is -3.64. The van der Waals surface area contributed by atoms with Crippen molar-refractivity contribution in [1.82, 2.24) is 0 Å². The van der Waals surface area contributed by atoms with Crippen LogP contribution < -0.4 is 0 Å². The summed E-state index contributed by atoms with van der Waals surface area (Å²) in [4.78, 5) is 0.353. The molecule has 0 spiro atoms. The standard InChI is InChI=1S/C9H13F3OS.C2H6/c1-3-6(2)7-8(9(10,11)12)13-4-5-14-7;1-2/h6H,3-5H2,1-2H3;1-2H3. The Labute approximate surface area is 99.4 Å². The molecular formula is C11H19F3OS. The molecule has 1 rings (SSSR count). The maximum atomic E-state index is 12.5. The fraction of sp³-hybridized carbons (Fsp3) is 0.818. The highest BCUT2D eigenvalue weighted by Crippen LogP contribution is 2.40. The van der Waals surface area contributed by atoms with Gasteiger partial charge in [-0.3, -0.25) is 0 Å². The number of rotatable bonds is 2. The Morgan fingerprint density at radius 2 is 1.94 bits per heavy atom. The molecule has 0 amide bonds. The number of thioether (sulfide) groups is 1. The number of ether oxygens (including phenoxy) is 1. The molecule has 1 atom stereocenters. The molecule has 96 valence electrons. The van der Waals surface area contributed by atoms with Gasteiger partial charge in [0.1, 0.15) is 0 Å². The van der Waals surface area contributed by atoms with Crippen LogP contribution in [0.4, 0.5) is 13.2 Å². The van der Waals surface area contributed by atoms with Crippen molar-refractivity contribution in [3.63, 3.8) is 0 Å². The quantitative estimate of drug-likeness (QED) is 0.714. The minimum absolute atomic E-state index is 0.0723. The van der Waals surface area contributed by atoms with Crippen LogP contribution in [0.15, 0.2) is 10.7 Å². The predicted molar refractivity (Wildman–Crippen MR) is 62.3 cm³/mol. The van der Waals surface area contributed by atoms with E-state index in [9.17, 15) is 13.2 Å². The average Bonchev–Trinajstić information content (AvgIpc) is 2.29. The molecule has 0 saturated carbocycles. The van der Waals surface area contributed by atoms with Crippen molar-refractivity contribution in [3.05, 3.63) is 10.7 Å². The number of hydrogen-bond donors (Lipinski definition) is 0. The summed E-state index contributed by atoms with van der Waals surface area (Å²) in [5.41, 5.74) is 0. The van der Waals surface area contributed by atoms with Crippen LogP contribution in [0.3, 0.4) is 0 Å². The van der Waals surface area contributed by atoms with E-state index in [2.05, 4.69) is 0 Å². The smallest absolute Gasteiger partial charge is 0.449 e. The number of allylic oxidation sites excluding steroid dienone is 2. The highest BCUT2D eigenvalue weighted by Gasteiger charge is 2.41. The van der Waals surface area contributed by atoms with E-state index < -0.39 is 11.9 Å². The average molecular weight is 256 g/mol. The lowest BCUT2D eigenvalue weighted by atomic mass is 10.1. The van der Waals surface area contributed by atoms with Crippen molar-refractivity contribution < 1.29 is 17.9 Å². The SMILES string of the molecule is CC.CCC(C)C1=C(C(F)(F)F)OCCS1. The molecule has 0 bridgehead atoms. The van der Waals surface area contributed by atoms with Gasteiger partial charge in [0.05, 0.1) is 6.61 Å². The van der Waals surface area contributed by atoms with Gasteiger partial charge >= 0.3 is 6.18 Å². The minimum Gasteiger partial charge on any atom is -0.487 e. The fourth-order valence-electron chi connectivity index (χ4n) is 1.21. The molecule has 0 aromatic rings. The van der Waals surface area contributed by atoms with E-state index >= 15 is 0 Å². The summed E-state index contributed by atoms with van der Waals surface area (Å²) in [5.74, 6) is -0.237. The summed E-state index contributed by atoms with van der Waals surface area (Å²) >= 11 is 1.27. The third-order valence-electron chi connectivity index (χ3n) is 2.13. The monoisotopic (exact) mass is 256 g/mol. The van der Waals surface area contributed by atoms with E-state index in [1.165, 1.54) is 11.8 Å². The van der Waals surface area contributed by atoms with Gasteiger partial charge in [0, 0.05) is 10.7 Å². The zero-order valence-corrected chi connectivity index (χ0v) is 11.0. The van der Waals surface area contributed by atoms with Crippen molar-refractivity contribution in [2.75, 3.05) is 12.4 Å². The number of alkyl halides is 3. The molecule has 1 aliphatic rings.